The van der Waals surface area contributed by atoms with E-state index in [4.69, 9.17) is 11.6 Å². The van der Waals surface area contributed by atoms with E-state index in [1.165, 1.54) is 26.4 Å². The zero-order valence-electron chi connectivity index (χ0n) is 13.6. The van der Waals surface area contributed by atoms with Crippen molar-refractivity contribution in [2.75, 3.05) is 31.1 Å². The molecule has 0 spiro atoms. The molecule has 1 aromatic heterocycles. The van der Waals surface area contributed by atoms with Crippen molar-refractivity contribution in [1.29, 1.82) is 0 Å². The Morgan fingerprint density at radius 3 is 2.75 bits per heavy atom. The molecular weight excluding hydrogens is 338 g/mol. The van der Waals surface area contributed by atoms with Gasteiger partial charge in [0.15, 0.2) is 0 Å². The summed E-state index contributed by atoms with van der Waals surface area (Å²) in [5.74, 6) is 0. The molecular formula is C19H20ClN3S. The summed E-state index contributed by atoms with van der Waals surface area (Å²) in [6.07, 6.45) is 2.07. The highest BCUT2D eigenvalue weighted by Gasteiger charge is 2.14. The Bertz CT molecular complexity index is 868. The number of nitrogens with one attached hydrogen (secondary N) is 2. The van der Waals surface area contributed by atoms with Gasteiger partial charge in [-0.2, -0.15) is 0 Å². The van der Waals surface area contributed by atoms with E-state index < -0.39 is 0 Å². The molecule has 1 fully saturated rings. The molecule has 3 aromatic rings. The van der Waals surface area contributed by atoms with Crippen LogP contribution in [-0.2, 0) is 0 Å². The van der Waals surface area contributed by atoms with E-state index in [1.807, 2.05) is 18.2 Å². The standard InChI is InChI=1S/C19H20ClN3S/c1-13-2-4-15(11-18(13)23-8-6-21-7-9-23)24-19-12-22-17-5-3-14(20)10-16(17)19/h2-5,10-12,21-22H,6-9H2,1H3. The molecule has 2 N–H and O–H groups in total. The molecule has 0 atom stereocenters. The average Bonchev–Trinajstić information content (AvgIpc) is 2.99. The van der Waals surface area contributed by atoms with Crippen LogP contribution in [0, 0.1) is 6.92 Å². The van der Waals surface area contributed by atoms with Crippen molar-refractivity contribution in [3.05, 3.63) is 53.2 Å². The van der Waals surface area contributed by atoms with Gasteiger partial charge < -0.3 is 15.2 Å². The molecule has 5 heteroatoms. The largest absolute Gasteiger partial charge is 0.369 e. The van der Waals surface area contributed by atoms with Crippen molar-refractivity contribution in [3.63, 3.8) is 0 Å². The molecule has 0 radical (unpaired) electrons. The fourth-order valence-corrected chi connectivity index (χ4v) is 4.31. The van der Waals surface area contributed by atoms with Gasteiger partial charge in [-0.15, -0.1) is 0 Å². The zero-order valence-corrected chi connectivity index (χ0v) is 15.2. The minimum atomic E-state index is 0.773. The van der Waals surface area contributed by atoms with Gasteiger partial charge >= 0.3 is 0 Å². The highest BCUT2D eigenvalue weighted by atomic mass is 35.5. The van der Waals surface area contributed by atoms with Crippen LogP contribution in [0.3, 0.4) is 0 Å². The Balaban J connectivity index is 1.65. The summed E-state index contributed by atoms with van der Waals surface area (Å²) in [6.45, 7) is 6.43. The number of hydrogen-bond donors (Lipinski definition) is 2. The first-order valence-electron chi connectivity index (χ1n) is 8.21. The molecule has 0 amide bonds. The molecule has 124 valence electrons. The Morgan fingerprint density at radius 1 is 1.08 bits per heavy atom. The van der Waals surface area contributed by atoms with Gasteiger partial charge in [0.1, 0.15) is 0 Å². The maximum atomic E-state index is 6.16. The lowest BCUT2D eigenvalue weighted by molar-refractivity contribution is 0.588. The molecule has 1 aliphatic rings. The van der Waals surface area contributed by atoms with E-state index in [0.29, 0.717) is 0 Å². The molecule has 1 aliphatic heterocycles. The van der Waals surface area contributed by atoms with Crippen LogP contribution in [0.4, 0.5) is 5.69 Å². The Morgan fingerprint density at radius 2 is 1.92 bits per heavy atom. The van der Waals surface area contributed by atoms with Gasteiger partial charge in [-0.3, -0.25) is 0 Å². The summed E-state index contributed by atoms with van der Waals surface area (Å²) in [4.78, 5) is 8.27. The molecule has 2 aromatic carbocycles. The normalized spacial score (nSPS) is 15.2. The monoisotopic (exact) mass is 357 g/mol. The van der Waals surface area contributed by atoms with Crippen LogP contribution < -0.4 is 10.2 Å². The van der Waals surface area contributed by atoms with Gasteiger partial charge in [-0.1, -0.05) is 29.4 Å². The van der Waals surface area contributed by atoms with E-state index in [0.717, 1.165) is 36.7 Å². The molecule has 4 rings (SSSR count). The van der Waals surface area contributed by atoms with Gasteiger partial charge in [-0.25, -0.2) is 0 Å². The highest BCUT2D eigenvalue weighted by Crippen LogP contribution is 2.37. The van der Waals surface area contributed by atoms with E-state index in [9.17, 15) is 0 Å². The predicted octanol–water partition coefficient (Wildman–Crippen LogP) is 4.69. The molecule has 0 unspecified atom stereocenters. The number of anilines is 1. The number of rotatable bonds is 3. The van der Waals surface area contributed by atoms with Crippen LogP contribution in [0.1, 0.15) is 5.56 Å². The van der Waals surface area contributed by atoms with E-state index in [1.54, 1.807) is 11.8 Å². The summed E-state index contributed by atoms with van der Waals surface area (Å²) in [6, 6.07) is 12.7. The lowest BCUT2D eigenvalue weighted by atomic mass is 10.1. The van der Waals surface area contributed by atoms with Crippen molar-refractivity contribution >= 4 is 40.0 Å². The lowest BCUT2D eigenvalue weighted by Crippen LogP contribution is -2.43. The molecule has 0 saturated carbocycles. The van der Waals surface area contributed by atoms with E-state index in [-0.39, 0.29) is 0 Å². The van der Waals surface area contributed by atoms with Gasteiger partial charge in [0.25, 0.3) is 0 Å². The lowest BCUT2D eigenvalue weighted by Gasteiger charge is -2.31. The van der Waals surface area contributed by atoms with Crippen molar-refractivity contribution in [2.24, 2.45) is 0 Å². The number of nitrogens with zero attached hydrogens (tertiary/aromatic N) is 1. The Kier molecular flexibility index (Phi) is 4.44. The number of piperazine rings is 1. The highest BCUT2D eigenvalue weighted by molar-refractivity contribution is 7.99. The fraction of sp³-hybridized carbons (Fsp3) is 0.263. The third-order valence-corrected chi connectivity index (χ3v) is 5.75. The Hall–Kier alpha value is -1.62. The minimum Gasteiger partial charge on any atom is -0.369 e. The van der Waals surface area contributed by atoms with E-state index >= 15 is 0 Å². The number of fused-ring (bicyclic) bond motifs is 1. The summed E-state index contributed by atoms with van der Waals surface area (Å²) in [5.41, 5.74) is 3.80. The number of aromatic nitrogens is 1. The van der Waals surface area contributed by atoms with Crippen molar-refractivity contribution < 1.29 is 0 Å². The van der Waals surface area contributed by atoms with Crippen molar-refractivity contribution in [3.8, 4) is 0 Å². The van der Waals surface area contributed by atoms with Crippen molar-refractivity contribution in [2.45, 2.75) is 16.7 Å². The van der Waals surface area contributed by atoms with Crippen LogP contribution in [0.15, 0.2) is 52.4 Å². The van der Waals surface area contributed by atoms with Crippen LogP contribution in [-0.4, -0.2) is 31.2 Å². The Labute approximate surface area is 151 Å². The van der Waals surface area contributed by atoms with Crippen LogP contribution in [0.5, 0.6) is 0 Å². The molecule has 3 nitrogen and oxygen atoms in total. The topological polar surface area (TPSA) is 31.1 Å². The van der Waals surface area contributed by atoms with Gasteiger partial charge in [-0.05, 0) is 42.8 Å². The maximum Gasteiger partial charge on any atom is 0.0466 e. The second kappa shape index (κ2) is 6.71. The number of halogens is 1. The van der Waals surface area contributed by atoms with Gasteiger partial charge in [0, 0.05) is 63.8 Å². The molecule has 1 saturated heterocycles. The van der Waals surface area contributed by atoms with Gasteiger partial charge in [0.05, 0.1) is 0 Å². The molecule has 2 heterocycles. The SMILES string of the molecule is Cc1ccc(Sc2c[nH]c3ccc(Cl)cc23)cc1N1CCNCC1. The number of hydrogen-bond acceptors (Lipinski definition) is 3. The summed E-state index contributed by atoms with van der Waals surface area (Å²) >= 11 is 7.95. The number of H-pyrrole nitrogens is 1. The number of benzene rings is 2. The predicted molar refractivity (Wildman–Crippen MR) is 104 cm³/mol. The molecule has 0 aliphatic carbocycles. The minimum absolute atomic E-state index is 0.773. The summed E-state index contributed by atoms with van der Waals surface area (Å²) in [7, 11) is 0. The third-order valence-electron chi connectivity index (χ3n) is 4.47. The van der Waals surface area contributed by atoms with Crippen LogP contribution in [0.2, 0.25) is 5.02 Å². The first kappa shape index (κ1) is 15.9. The second-order valence-electron chi connectivity index (χ2n) is 6.13. The first-order valence-corrected chi connectivity index (χ1v) is 9.41. The third kappa shape index (κ3) is 3.14. The zero-order chi connectivity index (χ0) is 16.5. The van der Waals surface area contributed by atoms with Crippen LogP contribution >= 0.6 is 23.4 Å². The van der Waals surface area contributed by atoms with Crippen molar-refractivity contribution in [1.82, 2.24) is 10.3 Å². The van der Waals surface area contributed by atoms with Crippen LogP contribution in [0.25, 0.3) is 10.9 Å². The molecule has 24 heavy (non-hydrogen) atoms. The maximum absolute atomic E-state index is 6.16. The number of aromatic amines is 1. The average molecular weight is 358 g/mol. The number of aryl methyl sites for hydroxylation is 1. The fourth-order valence-electron chi connectivity index (χ4n) is 3.18. The van der Waals surface area contributed by atoms with Gasteiger partial charge in [0.2, 0.25) is 0 Å². The molecule has 0 bridgehead atoms. The first-order chi connectivity index (χ1) is 11.7. The van der Waals surface area contributed by atoms with E-state index in [2.05, 4.69) is 46.5 Å². The quantitative estimate of drug-likeness (QED) is 0.713. The summed E-state index contributed by atoms with van der Waals surface area (Å²) in [5, 5.41) is 5.37. The summed E-state index contributed by atoms with van der Waals surface area (Å²) < 4.78 is 0. The second-order valence-corrected chi connectivity index (χ2v) is 7.68. The smallest absolute Gasteiger partial charge is 0.0466 e.